The van der Waals surface area contributed by atoms with Gasteiger partial charge in [-0.25, -0.2) is 4.68 Å². The third-order valence-corrected chi connectivity index (χ3v) is 7.32. The molecule has 6 heteroatoms. The Kier molecular flexibility index (Phi) is 4.86. The second-order valence-electron chi connectivity index (χ2n) is 7.95. The van der Waals surface area contributed by atoms with E-state index in [1.165, 1.54) is 15.4 Å². The number of aromatic nitrogens is 2. The molecule has 0 atom stereocenters. The smallest absolute Gasteiger partial charge is 0.221 e. The molecule has 1 aromatic carbocycles. The van der Waals surface area contributed by atoms with Crippen molar-refractivity contribution in [3.8, 4) is 0 Å². The van der Waals surface area contributed by atoms with Crippen molar-refractivity contribution in [3.05, 3.63) is 47.0 Å². The Balaban J connectivity index is 1.95. The molecule has 1 saturated carbocycles. The summed E-state index contributed by atoms with van der Waals surface area (Å²) in [6.45, 7) is 9.65. The van der Waals surface area contributed by atoms with Crippen LogP contribution >= 0.6 is 12.2 Å². The van der Waals surface area contributed by atoms with Crippen LogP contribution in [0.15, 0.2) is 24.3 Å². The van der Waals surface area contributed by atoms with Gasteiger partial charge in [-0.05, 0) is 25.3 Å². The number of nitrogens with zero attached hydrogens (tertiary/aromatic N) is 3. The van der Waals surface area contributed by atoms with Crippen LogP contribution in [0, 0.1) is 12.9 Å². The Morgan fingerprint density at radius 1 is 1.32 bits per heavy atom. The van der Waals surface area contributed by atoms with Crippen LogP contribution in [-0.4, -0.2) is 33.8 Å². The summed E-state index contributed by atoms with van der Waals surface area (Å²) < 4.78 is 15.8. The highest BCUT2D eigenvalue weighted by Crippen LogP contribution is 2.31. The molecule has 0 radical (unpaired) electrons. The van der Waals surface area contributed by atoms with Crippen LogP contribution in [0.1, 0.15) is 29.7 Å². The molecule has 25 heavy (non-hydrogen) atoms. The van der Waals surface area contributed by atoms with Crippen molar-refractivity contribution in [1.29, 1.82) is 0 Å². The number of benzene rings is 1. The number of thiocarbonyl (C=S) groups is 1. The van der Waals surface area contributed by atoms with Gasteiger partial charge in [-0.3, -0.25) is 0 Å². The van der Waals surface area contributed by atoms with Crippen molar-refractivity contribution >= 4 is 30.5 Å². The maximum atomic E-state index is 14.5. The summed E-state index contributed by atoms with van der Waals surface area (Å²) >= 11 is 5.73. The minimum Gasteiger partial charge on any atom is -0.355 e. The van der Waals surface area contributed by atoms with Crippen LogP contribution in [0.4, 0.5) is 4.39 Å². The minimum atomic E-state index is -1.45. The van der Waals surface area contributed by atoms with E-state index in [-0.39, 0.29) is 5.95 Å². The fourth-order valence-corrected chi connectivity index (χ4v) is 5.51. The molecule has 0 amide bonds. The number of hydrogen-bond acceptors (Lipinski definition) is 2. The van der Waals surface area contributed by atoms with Crippen LogP contribution in [0.25, 0.3) is 0 Å². The van der Waals surface area contributed by atoms with Crippen molar-refractivity contribution < 1.29 is 4.39 Å². The van der Waals surface area contributed by atoms with E-state index < -0.39 is 8.07 Å². The lowest BCUT2D eigenvalue weighted by atomic mass is 10.1. The molecule has 1 aliphatic rings. The molecule has 0 aliphatic heterocycles. The fourth-order valence-electron chi connectivity index (χ4n) is 3.34. The van der Waals surface area contributed by atoms with Gasteiger partial charge in [0.2, 0.25) is 5.95 Å². The summed E-state index contributed by atoms with van der Waals surface area (Å²) in [5.41, 5.74) is 2.46. The minimum absolute atomic E-state index is 0.341. The average molecular weight is 376 g/mol. The van der Waals surface area contributed by atoms with Gasteiger partial charge in [0, 0.05) is 19.6 Å². The average Bonchev–Trinajstić information content (AvgIpc) is 3.32. The van der Waals surface area contributed by atoms with E-state index in [1.807, 2.05) is 6.92 Å². The molecule has 0 saturated heterocycles. The van der Waals surface area contributed by atoms with Gasteiger partial charge in [-0.15, -0.1) is 0 Å². The molecule has 1 heterocycles. The molecule has 1 fully saturated rings. The monoisotopic (exact) mass is 375 g/mol. The van der Waals surface area contributed by atoms with Gasteiger partial charge < -0.3 is 4.90 Å². The Morgan fingerprint density at radius 2 is 1.96 bits per heavy atom. The maximum Gasteiger partial charge on any atom is 0.221 e. The zero-order valence-corrected chi connectivity index (χ0v) is 17.5. The molecule has 3 nitrogen and oxygen atoms in total. The Labute approximate surface area is 155 Å². The van der Waals surface area contributed by atoms with Gasteiger partial charge >= 0.3 is 0 Å². The Morgan fingerprint density at radius 3 is 2.48 bits per heavy atom. The molecule has 3 rings (SSSR count). The lowest BCUT2D eigenvalue weighted by molar-refractivity contribution is 0.409. The zero-order valence-electron chi connectivity index (χ0n) is 15.6. The SMILES string of the molecule is Cc1nn(C)c(F)c1C(=S)N(Cc1ccccc1[Si](C)(C)C)C1CC1. The number of rotatable bonds is 5. The second-order valence-corrected chi connectivity index (χ2v) is 13.4. The summed E-state index contributed by atoms with van der Waals surface area (Å²) in [6.07, 6.45) is 2.24. The van der Waals surface area contributed by atoms with Crippen molar-refractivity contribution in [2.24, 2.45) is 7.05 Å². The van der Waals surface area contributed by atoms with Gasteiger partial charge in [-0.2, -0.15) is 9.49 Å². The van der Waals surface area contributed by atoms with E-state index in [1.54, 1.807) is 7.05 Å². The quantitative estimate of drug-likeness (QED) is 0.587. The summed E-state index contributed by atoms with van der Waals surface area (Å²) in [7, 11) is 0.170. The highest BCUT2D eigenvalue weighted by Gasteiger charge is 2.34. The molecule has 134 valence electrons. The van der Waals surface area contributed by atoms with Gasteiger partial charge in [0.05, 0.1) is 19.3 Å². The molecule has 0 N–H and O–H groups in total. The van der Waals surface area contributed by atoms with Crippen molar-refractivity contribution in [1.82, 2.24) is 14.7 Å². The molecular weight excluding hydrogens is 349 g/mol. The molecule has 1 aliphatic carbocycles. The molecule has 0 bridgehead atoms. The van der Waals surface area contributed by atoms with Crippen LogP contribution in [0.3, 0.4) is 0 Å². The van der Waals surface area contributed by atoms with E-state index >= 15 is 0 Å². The standard InChI is InChI=1S/C19H26FN3SSi/c1-13-17(18(20)22(2)21-13)19(24)23(15-10-11-15)12-14-8-6-7-9-16(14)25(3,4)5/h6-9,15H,10-12H2,1-5H3. The normalized spacial score (nSPS) is 14.6. The summed E-state index contributed by atoms with van der Waals surface area (Å²) in [4.78, 5) is 2.80. The van der Waals surface area contributed by atoms with Crippen molar-refractivity contribution in [3.63, 3.8) is 0 Å². The van der Waals surface area contributed by atoms with Gasteiger partial charge in [-0.1, -0.05) is 61.3 Å². The summed E-state index contributed by atoms with van der Waals surface area (Å²) in [6, 6.07) is 9.05. The first kappa shape index (κ1) is 18.3. The highest BCUT2D eigenvalue weighted by atomic mass is 32.1. The predicted molar refractivity (Wildman–Crippen MR) is 108 cm³/mol. The van der Waals surface area contributed by atoms with Crippen molar-refractivity contribution in [2.45, 2.75) is 52.0 Å². The van der Waals surface area contributed by atoms with Crippen LogP contribution < -0.4 is 5.19 Å². The molecule has 0 spiro atoms. The Hall–Kier alpha value is -1.53. The van der Waals surface area contributed by atoms with E-state index in [4.69, 9.17) is 12.2 Å². The molecule has 2 aromatic rings. The third kappa shape index (κ3) is 3.70. The molecule has 0 unspecified atom stereocenters. The lowest BCUT2D eigenvalue weighted by Gasteiger charge is -2.29. The predicted octanol–water partition coefficient (Wildman–Crippen LogP) is 3.75. The largest absolute Gasteiger partial charge is 0.355 e. The number of aryl methyl sites for hydroxylation is 2. The van der Waals surface area contributed by atoms with E-state index in [0.29, 0.717) is 22.3 Å². The first-order valence-corrected chi connectivity index (χ1v) is 12.7. The topological polar surface area (TPSA) is 21.1 Å². The first-order valence-electron chi connectivity index (χ1n) is 8.78. The number of hydrogen-bond donors (Lipinski definition) is 0. The van der Waals surface area contributed by atoms with E-state index in [2.05, 4.69) is 53.9 Å². The number of halogens is 1. The second kappa shape index (κ2) is 6.65. The van der Waals surface area contributed by atoms with Crippen LogP contribution in [0.5, 0.6) is 0 Å². The summed E-state index contributed by atoms with van der Waals surface area (Å²) in [5, 5.41) is 5.64. The van der Waals surface area contributed by atoms with E-state index in [9.17, 15) is 4.39 Å². The van der Waals surface area contributed by atoms with E-state index in [0.717, 1.165) is 19.4 Å². The van der Waals surface area contributed by atoms with Gasteiger partial charge in [0.1, 0.15) is 4.99 Å². The molecular formula is C19H26FN3SSi. The van der Waals surface area contributed by atoms with Crippen LogP contribution in [0.2, 0.25) is 19.6 Å². The zero-order chi connectivity index (χ0) is 18.4. The van der Waals surface area contributed by atoms with Crippen LogP contribution in [-0.2, 0) is 13.6 Å². The molecule has 1 aromatic heterocycles. The van der Waals surface area contributed by atoms with Gasteiger partial charge in [0.25, 0.3) is 0 Å². The highest BCUT2D eigenvalue weighted by molar-refractivity contribution is 7.80. The first-order chi connectivity index (χ1) is 11.7. The Bertz CT molecular complexity index is 805. The maximum absolute atomic E-state index is 14.5. The fraction of sp³-hybridized carbons (Fsp3) is 0.474. The third-order valence-electron chi connectivity index (χ3n) is 4.78. The van der Waals surface area contributed by atoms with Gasteiger partial charge in [0.15, 0.2) is 0 Å². The van der Waals surface area contributed by atoms with Crippen molar-refractivity contribution in [2.75, 3.05) is 0 Å². The lowest BCUT2D eigenvalue weighted by Crippen LogP contribution is -2.42. The summed E-state index contributed by atoms with van der Waals surface area (Å²) in [5.74, 6) is -0.341.